The molecule has 1 unspecified atom stereocenters. The van der Waals surface area contributed by atoms with E-state index in [0.29, 0.717) is 25.1 Å². The Balaban J connectivity index is 2.29. The van der Waals surface area contributed by atoms with E-state index in [0.717, 1.165) is 10.0 Å². The van der Waals surface area contributed by atoms with Crippen molar-refractivity contribution in [2.24, 2.45) is 0 Å². The molecule has 1 saturated heterocycles. The van der Waals surface area contributed by atoms with E-state index < -0.39 is 0 Å². The van der Waals surface area contributed by atoms with Gasteiger partial charge in [-0.3, -0.25) is 9.59 Å². The molecule has 0 saturated carbocycles. The van der Waals surface area contributed by atoms with Gasteiger partial charge in [0.05, 0.1) is 0 Å². The molecule has 1 N–H and O–H groups in total. The van der Waals surface area contributed by atoms with Crippen molar-refractivity contribution in [3.63, 3.8) is 0 Å². The smallest absolute Gasteiger partial charge is 0.254 e. The van der Waals surface area contributed by atoms with Gasteiger partial charge in [0.25, 0.3) is 5.91 Å². The van der Waals surface area contributed by atoms with E-state index in [9.17, 15) is 9.59 Å². The van der Waals surface area contributed by atoms with Crippen molar-refractivity contribution in [2.75, 3.05) is 13.1 Å². The number of halogens is 1. The maximum Gasteiger partial charge on any atom is 0.254 e. The monoisotopic (exact) mass is 324 g/mol. The van der Waals surface area contributed by atoms with Crippen molar-refractivity contribution in [2.45, 2.75) is 26.3 Å². The van der Waals surface area contributed by atoms with Crippen molar-refractivity contribution >= 4 is 27.7 Å². The van der Waals surface area contributed by atoms with E-state index in [1.54, 1.807) is 11.0 Å². The Bertz CT molecular complexity index is 496. The molecule has 2 rings (SSSR count). The summed E-state index contributed by atoms with van der Waals surface area (Å²) in [4.78, 5) is 26.0. The van der Waals surface area contributed by atoms with Gasteiger partial charge in [0.15, 0.2) is 0 Å². The molecule has 1 aliphatic heterocycles. The minimum absolute atomic E-state index is 0.0613. The zero-order chi connectivity index (χ0) is 14.0. The van der Waals surface area contributed by atoms with Crippen LogP contribution < -0.4 is 5.32 Å². The lowest BCUT2D eigenvalue weighted by Crippen LogP contribution is -2.56. The lowest BCUT2D eigenvalue weighted by Gasteiger charge is -2.34. The normalized spacial score (nSPS) is 19.2. The van der Waals surface area contributed by atoms with Crippen molar-refractivity contribution < 1.29 is 9.59 Å². The number of carbonyl (C=O) groups excluding carboxylic acids is 2. The van der Waals surface area contributed by atoms with E-state index in [4.69, 9.17) is 0 Å². The number of nitrogens with zero attached hydrogens (tertiary/aromatic N) is 1. The molecule has 1 aliphatic rings. The molecule has 4 nitrogen and oxygen atoms in total. The third-order valence-electron chi connectivity index (χ3n) is 3.27. The number of hydrogen-bond donors (Lipinski definition) is 1. The van der Waals surface area contributed by atoms with Crippen LogP contribution >= 0.6 is 15.9 Å². The van der Waals surface area contributed by atoms with Crippen LogP contribution in [0.4, 0.5) is 0 Å². The molecule has 2 amide bonds. The second-order valence-corrected chi connectivity index (χ2v) is 5.65. The van der Waals surface area contributed by atoms with Crippen LogP contribution in [-0.4, -0.2) is 35.8 Å². The van der Waals surface area contributed by atoms with Gasteiger partial charge in [-0.1, -0.05) is 22.9 Å². The number of nitrogens with one attached hydrogen (secondary N) is 1. The summed E-state index contributed by atoms with van der Waals surface area (Å²) < 4.78 is 0.880. The Kier molecular flexibility index (Phi) is 4.24. The summed E-state index contributed by atoms with van der Waals surface area (Å²) in [5.41, 5.74) is 1.65. The van der Waals surface area contributed by atoms with Crippen LogP contribution in [0.25, 0.3) is 0 Å². The summed E-state index contributed by atoms with van der Waals surface area (Å²) in [5, 5.41) is 2.80. The molecular weight excluding hydrogens is 308 g/mol. The number of amides is 2. The summed E-state index contributed by atoms with van der Waals surface area (Å²) in [6.07, 6.45) is 0.630. The van der Waals surface area contributed by atoms with Crippen LogP contribution in [0, 0.1) is 6.92 Å². The molecule has 1 heterocycles. The molecule has 0 bridgehead atoms. The first kappa shape index (κ1) is 14.1. The highest BCUT2D eigenvalue weighted by Crippen LogP contribution is 2.19. The van der Waals surface area contributed by atoms with E-state index in [-0.39, 0.29) is 17.9 Å². The van der Waals surface area contributed by atoms with Gasteiger partial charge in [-0.15, -0.1) is 0 Å². The fourth-order valence-corrected chi connectivity index (χ4v) is 3.00. The highest BCUT2D eigenvalue weighted by atomic mass is 79.9. The quantitative estimate of drug-likeness (QED) is 0.905. The summed E-state index contributed by atoms with van der Waals surface area (Å²) in [6, 6.07) is 5.25. The number of piperazine rings is 1. The van der Waals surface area contributed by atoms with Gasteiger partial charge >= 0.3 is 0 Å². The predicted molar refractivity (Wildman–Crippen MR) is 77.0 cm³/mol. The second-order valence-electron chi connectivity index (χ2n) is 4.73. The summed E-state index contributed by atoms with van der Waals surface area (Å²) in [5.74, 6) is -0.139. The number of aryl methyl sites for hydroxylation is 1. The predicted octanol–water partition coefficient (Wildman–Crippen LogP) is 2.11. The Hall–Kier alpha value is -1.36. The second kappa shape index (κ2) is 5.74. The zero-order valence-corrected chi connectivity index (χ0v) is 12.7. The Labute approximate surface area is 121 Å². The first-order valence-electron chi connectivity index (χ1n) is 6.38. The van der Waals surface area contributed by atoms with Crippen LogP contribution in [-0.2, 0) is 4.79 Å². The SMILES string of the molecule is CCC1C(=O)NCCN1C(=O)c1cc(C)cc(Br)c1. The molecule has 0 aromatic heterocycles. The highest BCUT2D eigenvalue weighted by molar-refractivity contribution is 9.10. The summed E-state index contributed by atoms with van der Waals surface area (Å²) in [7, 11) is 0. The van der Waals surface area contributed by atoms with Crippen LogP contribution in [0.5, 0.6) is 0 Å². The summed E-state index contributed by atoms with van der Waals surface area (Å²) >= 11 is 3.40. The Morgan fingerprint density at radius 3 is 2.84 bits per heavy atom. The molecule has 1 fully saturated rings. The van der Waals surface area contributed by atoms with Crippen molar-refractivity contribution in [3.8, 4) is 0 Å². The zero-order valence-electron chi connectivity index (χ0n) is 11.1. The maximum absolute atomic E-state index is 12.5. The largest absolute Gasteiger partial charge is 0.353 e. The van der Waals surface area contributed by atoms with Crippen molar-refractivity contribution in [3.05, 3.63) is 33.8 Å². The lowest BCUT2D eigenvalue weighted by atomic mass is 10.1. The number of rotatable bonds is 2. The Morgan fingerprint density at radius 2 is 2.21 bits per heavy atom. The fourth-order valence-electron chi connectivity index (χ4n) is 2.39. The van der Waals surface area contributed by atoms with Crippen molar-refractivity contribution in [1.82, 2.24) is 10.2 Å². The average Bonchev–Trinajstić information content (AvgIpc) is 2.36. The molecule has 102 valence electrons. The van der Waals surface area contributed by atoms with Gasteiger partial charge in [-0.2, -0.15) is 0 Å². The summed E-state index contributed by atoms with van der Waals surface area (Å²) in [6.45, 7) is 4.95. The van der Waals surface area contributed by atoms with Gasteiger partial charge in [0, 0.05) is 23.1 Å². The van der Waals surface area contributed by atoms with E-state index in [1.165, 1.54) is 0 Å². The van der Waals surface area contributed by atoms with Gasteiger partial charge in [-0.05, 0) is 37.1 Å². The first-order chi connectivity index (χ1) is 9.02. The molecule has 1 atom stereocenters. The van der Waals surface area contributed by atoms with Gasteiger partial charge in [-0.25, -0.2) is 0 Å². The van der Waals surface area contributed by atoms with Crippen molar-refractivity contribution in [1.29, 1.82) is 0 Å². The van der Waals surface area contributed by atoms with Crippen LogP contribution in [0.15, 0.2) is 22.7 Å². The molecule has 1 aromatic rings. The Morgan fingerprint density at radius 1 is 1.47 bits per heavy atom. The minimum atomic E-state index is -0.361. The van der Waals surface area contributed by atoms with Gasteiger partial charge in [0.1, 0.15) is 6.04 Å². The number of carbonyl (C=O) groups is 2. The maximum atomic E-state index is 12.5. The molecule has 0 radical (unpaired) electrons. The highest BCUT2D eigenvalue weighted by Gasteiger charge is 2.32. The minimum Gasteiger partial charge on any atom is -0.353 e. The molecule has 0 aliphatic carbocycles. The molecule has 19 heavy (non-hydrogen) atoms. The third-order valence-corrected chi connectivity index (χ3v) is 3.73. The van der Waals surface area contributed by atoms with Crippen LogP contribution in [0.1, 0.15) is 29.3 Å². The molecular formula is C14H17BrN2O2. The average molecular weight is 325 g/mol. The molecule has 1 aromatic carbocycles. The fraction of sp³-hybridized carbons (Fsp3) is 0.429. The van der Waals surface area contributed by atoms with Crippen LogP contribution in [0.3, 0.4) is 0 Å². The first-order valence-corrected chi connectivity index (χ1v) is 7.18. The van der Waals surface area contributed by atoms with E-state index in [2.05, 4.69) is 21.2 Å². The van der Waals surface area contributed by atoms with E-state index >= 15 is 0 Å². The molecule has 0 spiro atoms. The van der Waals surface area contributed by atoms with Gasteiger partial charge < -0.3 is 10.2 Å². The van der Waals surface area contributed by atoms with E-state index in [1.807, 2.05) is 26.0 Å². The standard InChI is InChI=1S/C14H17BrN2O2/c1-3-12-13(18)16-4-5-17(12)14(19)10-6-9(2)7-11(15)8-10/h6-8,12H,3-5H2,1-2H3,(H,16,18). The molecule has 5 heteroatoms. The number of hydrogen-bond acceptors (Lipinski definition) is 2. The third kappa shape index (κ3) is 2.97. The topological polar surface area (TPSA) is 49.4 Å². The van der Waals surface area contributed by atoms with Gasteiger partial charge in [0.2, 0.25) is 5.91 Å². The number of benzene rings is 1. The lowest BCUT2D eigenvalue weighted by molar-refractivity contribution is -0.127. The van der Waals surface area contributed by atoms with Crippen LogP contribution in [0.2, 0.25) is 0 Å².